The molecular formula is C20H16FN. The van der Waals surface area contributed by atoms with E-state index in [2.05, 4.69) is 4.98 Å². The maximum absolute atomic E-state index is 14.0. The van der Waals surface area contributed by atoms with Crippen molar-refractivity contribution in [3.8, 4) is 11.3 Å². The van der Waals surface area contributed by atoms with Gasteiger partial charge in [-0.1, -0.05) is 24.3 Å². The molecule has 0 saturated carbocycles. The minimum atomic E-state index is -0.245. The Bertz CT molecular complexity index is 836. The molecule has 0 atom stereocenters. The topological polar surface area (TPSA) is 12.9 Å². The van der Waals surface area contributed by atoms with Gasteiger partial charge in [-0.05, 0) is 68.3 Å². The van der Waals surface area contributed by atoms with Crippen molar-refractivity contribution < 1.29 is 4.39 Å². The molecule has 1 aromatic heterocycles. The molecule has 0 aliphatic carbocycles. The molecule has 2 aromatic carbocycles. The van der Waals surface area contributed by atoms with E-state index >= 15 is 0 Å². The summed E-state index contributed by atoms with van der Waals surface area (Å²) in [6.07, 6.45) is 0.525. The van der Waals surface area contributed by atoms with Gasteiger partial charge in [-0.2, -0.15) is 0 Å². The van der Waals surface area contributed by atoms with E-state index in [1.807, 2.05) is 36.4 Å². The van der Waals surface area contributed by atoms with Gasteiger partial charge in [0.25, 0.3) is 0 Å². The lowest BCUT2D eigenvalue weighted by Crippen LogP contribution is -1.97. The molecule has 0 aliphatic heterocycles. The van der Waals surface area contributed by atoms with E-state index in [-0.39, 0.29) is 12.2 Å². The van der Waals surface area contributed by atoms with E-state index < -0.39 is 0 Å². The third-order valence-electron chi connectivity index (χ3n) is 3.83. The van der Waals surface area contributed by atoms with E-state index in [1.54, 1.807) is 13.0 Å². The first-order chi connectivity index (χ1) is 10.6. The summed E-state index contributed by atoms with van der Waals surface area (Å²) >= 11 is 0. The predicted octanol–water partition coefficient (Wildman–Crippen LogP) is 4.86. The quantitative estimate of drug-likeness (QED) is 0.671. The maximum Gasteiger partial charge on any atom is 0.129 e. The third-order valence-corrected chi connectivity index (χ3v) is 3.83. The molecule has 1 heterocycles. The molecule has 1 nitrogen and oxygen atoms in total. The van der Waals surface area contributed by atoms with E-state index in [0.717, 1.165) is 27.7 Å². The number of halogens is 1. The highest BCUT2D eigenvalue weighted by Crippen LogP contribution is 2.30. The van der Waals surface area contributed by atoms with Crippen LogP contribution in [0.3, 0.4) is 0 Å². The molecule has 0 unspecified atom stereocenters. The number of benzene rings is 2. The minimum Gasteiger partial charge on any atom is -0.252 e. The van der Waals surface area contributed by atoms with Gasteiger partial charge in [0.15, 0.2) is 0 Å². The van der Waals surface area contributed by atoms with Gasteiger partial charge in [-0.15, -0.1) is 0 Å². The summed E-state index contributed by atoms with van der Waals surface area (Å²) in [5.74, 6) is -0.245. The van der Waals surface area contributed by atoms with Gasteiger partial charge >= 0.3 is 0 Å². The van der Waals surface area contributed by atoms with Gasteiger partial charge in [-0.3, -0.25) is 4.98 Å². The molecular weight excluding hydrogens is 273 g/mol. The molecule has 0 N–H and O–H groups in total. The molecule has 3 rings (SSSR count). The third kappa shape index (κ3) is 2.50. The average molecular weight is 289 g/mol. The first-order valence-corrected chi connectivity index (χ1v) is 7.22. The fourth-order valence-corrected chi connectivity index (χ4v) is 2.71. The summed E-state index contributed by atoms with van der Waals surface area (Å²) < 4.78 is 14.0. The first-order valence-electron chi connectivity index (χ1n) is 7.22. The van der Waals surface area contributed by atoms with Gasteiger partial charge in [0.2, 0.25) is 0 Å². The van der Waals surface area contributed by atoms with Crippen molar-refractivity contribution in [3.05, 3.63) is 79.0 Å². The second kappa shape index (κ2) is 5.88. The molecule has 0 bridgehead atoms. The maximum atomic E-state index is 14.0. The Balaban J connectivity index is 2.32. The largest absolute Gasteiger partial charge is 0.252 e. The number of pyridine rings is 1. The van der Waals surface area contributed by atoms with Crippen molar-refractivity contribution in [3.63, 3.8) is 0 Å². The number of fused-ring (bicyclic) bond motifs is 1. The van der Waals surface area contributed by atoms with Crippen LogP contribution in [0, 0.1) is 26.6 Å². The van der Waals surface area contributed by atoms with E-state index in [1.165, 1.54) is 0 Å². The van der Waals surface area contributed by atoms with Crippen LogP contribution in [0.15, 0.2) is 42.5 Å². The monoisotopic (exact) mass is 289 g/mol. The highest BCUT2D eigenvalue weighted by Gasteiger charge is 2.12. The van der Waals surface area contributed by atoms with Gasteiger partial charge in [-0.25, -0.2) is 4.39 Å². The standard InChI is InChI=1S/C20H16FN/c1-4-14-11-16(10-13(3)19(14)21)20-18-9-7-6-8-15(18)12-17(5-2)22-20/h1-2,6-12H,4-5H2,3H3. The highest BCUT2D eigenvalue weighted by atomic mass is 19.1. The molecule has 4 radical (unpaired) electrons. The van der Waals surface area contributed by atoms with Crippen LogP contribution in [0.4, 0.5) is 4.39 Å². The Morgan fingerprint density at radius 2 is 1.82 bits per heavy atom. The van der Waals surface area contributed by atoms with Gasteiger partial charge in [0.1, 0.15) is 5.82 Å². The molecule has 0 amide bonds. The van der Waals surface area contributed by atoms with Crippen LogP contribution in [0.2, 0.25) is 0 Å². The Kier molecular flexibility index (Phi) is 3.93. The van der Waals surface area contributed by atoms with Crippen LogP contribution in [0.1, 0.15) is 16.8 Å². The molecule has 0 fully saturated rings. The Hall–Kier alpha value is -2.22. The fraction of sp³-hybridized carbons (Fsp3) is 0.150. The lowest BCUT2D eigenvalue weighted by molar-refractivity contribution is 0.605. The van der Waals surface area contributed by atoms with Crippen LogP contribution in [-0.4, -0.2) is 4.98 Å². The Morgan fingerprint density at radius 3 is 2.55 bits per heavy atom. The zero-order valence-electron chi connectivity index (χ0n) is 12.4. The number of hydrogen-bond acceptors (Lipinski definition) is 1. The van der Waals surface area contributed by atoms with Gasteiger partial charge in [0.05, 0.1) is 5.69 Å². The highest BCUT2D eigenvalue weighted by molar-refractivity contribution is 5.95. The first kappa shape index (κ1) is 14.7. The summed E-state index contributed by atoms with van der Waals surface area (Å²) in [5, 5.41) is 2.10. The summed E-state index contributed by atoms with van der Waals surface area (Å²) in [5.41, 5.74) is 3.56. The zero-order valence-corrected chi connectivity index (χ0v) is 12.4. The smallest absolute Gasteiger partial charge is 0.129 e. The number of aromatic nitrogens is 1. The van der Waals surface area contributed by atoms with Crippen LogP contribution in [0.25, 0.3) is 22.0 Å². The number of rotatable bonds is 3. The second-order valence-electron chi connectivity index (χ2n) is 5.36. The molecule has 22 heavy (non-hydrogen) atoms. The molecule has 0 saturated heterocycles. The Labute approximate surface area is 130 Å². The molecule has 0 spiro atoms. The van der Waals surface area contributed by atoms with Crippen LogP contribution in [-0.2, 0) is 12.8 Å². The summed E-state index contributed by atoms with van der Waals surface area (Å²) in [6, 6.07) is 13.6. The molecule has 0 aliphatic rings. The van der Waals surface area contributed by atoms with E-state index in [0.29, 0.717) is 17.5 Å². The molecule has 3 aromatic rings. The SMILES string of the molecule is [CH]Cc1cc2ccccc2c(-c2cc(C)c(F)c(C[CH])c2)n1. The van der Waals surface area contributed by atoms with Crippen molar-refractivity contribution in [2.24, 2.45) is 0 Å². The van der Waals surface area contributed by atoms with Crippen molar-refractivity contribution in [1.29, 1.82) is 0 Å². The fourth-order valence-electron chi connectivity index (χ4n) is 2.71. The van der Waals surface area contributed by atoms with Crippen LogP contribution in [0.5, 0.6) is 0 Å². The summed E-state index contributed by atoms with van der Waals surface area (Å²) in [4.78, 5) is 4.65. The van der Waals surface area contributed by atoms with E-state index in [4.69, 9.17) is 13.8 Å². The average Bonchev–Trinajstić information content (AvgIpc) is 2.56. The molecule has 2 heteroatoms. The molecule has 108 valence electrons. The zero-order chi connectivity index (χ0) is 15.7. The van der Waals surface area contributed by atoms with Crippen molar-refractivity contribution in [1.82, 2.24) is 4.98 Å². The van der Waals surface area contributed by atoms with E-state index in [9.17, 15) is 4.39 Å². The lowest BCUT2D eigenvalue weighted by atomic mass is 9.97. The van der Waals surface area contributed by atoms with Gasteiger partial charge < -0.3 is 0 Å². The second-order valence-corrected chi connectivity index (χ2v) is 5.36. The van der Waals surface area contributed by atoms with Crippen molar-refractivity contribution >= 4 is 10.8 Å². The summed E-state index contributed by atoms with van der Waals surface area (Å²) in [7, 11) is 0. The van der Waals surface area contributed by atoms with Crippen molar-refractivity contribution in [2.75, 3.05) is 0 Å². The predicted molar refractivity (Wildman–Crippen MR) is 87.9 cm³/mol. The lowest BCUT2D eigenvalue weighted by Gasteiger charge is -2.12. The Morgan fingerprint density at radius 1 is 1.05 bits per heavy atom. The number of aryl methyl sites for hydroxylation is 1. The van der Waals surface area contributed by atoms with Gasteiger partial charge in [0, 0.05) is 16.6 Å². The minimum absolute atomic E-state index is 0.162. The summed E-state index contributed by atoms with van der Waals surface area (Å²) in [6.45, 7) is 13.2. The number of hydrogen-bond donors (Lipinski definition) is 0. The normalized spacial score (nSPS) is 11.1. The van der Waals surface area contributed by atoms with Crippen LogP contribution < -0.4 is 0 Å². The van der Waals surface area contributed by atoms with Crippen LogP contribution >= 0.6 is 0 Å². The number of nitrogens with zero attached hydrogens (tertiary/aromatic N) is 1. The van der Waals surface area contributed by atoms with Crippen molar-refractivity contribution in [2.45, 2.75) is 19.8 Å².